The molecule has 108 valence electrons. The number of aromatic nitrogens is 1. The zero-order valence-corrected chi connectivity index (χ0v) is 12.4. The number of anilines is 1. The first-order valence-corrected chi connectivity index (χ1v) is 7.27. The lowest BCUT2D eigenvalue weighted by Crippen LogP contribution is -2.25. The quantitative estimate of drug-likeness (QED) is 0.660. The summed E-state index contributed by atoms with van der Waals surface area (Å²) in [5, 5.41) is 14.9. The van der Waals surface area contributed by atoms with Crippen molar-refractivity contribution >= 4 is 33.6 Å². The van der Waals surface area contributed by atoms with Crippen LogP contribution in [0.4, 0.5) is 5.82 Å². The molecular weight excluding hydrogens is 326 g/mol. The number of amides is 1. The molecule has 0 aromatic carbocycles. The smallest absolute Gasteiger partial charge is 0.339 e. The molecule has 0 unspecified atom stereocenters. The molecule has 1 aliphatic carbocycles. The summed E-state index contributed by atoms with van der Waals surface area (Å²) in [6.45, 7) is 0.507. The van der Waals surface area contributed by atoms with Crippen LogP contribution in [0.25, 0.3) is 0 Å². The number of aromatic carboxylic acids is 1. The van der Waals surface area contributed by atoms with E-state index in [0.29, 0.717) is 35.7 Å². The number of carbonyl (C=O) groups excluding carboxylic acids is 1. The molecule has 2 rings (SSSR count). The maximum atomic E-state index is 11.5. The molecule has 0 bridgehead atoms. The fraction of sp³-hybridized carbons (Fsp3) is 0.462. The van der Waals surface area contributed by atoms with Gasteiger partial charge in [-0.15, -0.1) is 0 Å². The van der Waals surface area contributed by atoms with E-state index in [9.17, 15) is 9.59 Å². The van der Waals surface area contributed by atoms with Gasteiger partial charge in [-0.1, -0.05) is 0 Å². The largest absolute Gasteiger partial charge is 0.478 e. The fourth-order valence-corrected chi connectivity index (χ4v) is 2.06. The number of rotatable bonds is 7. The van der Waals surface area contributed by atoms with E-state index < -0.39 is 5.97 Å². The van der Waals surface area contributed by atoms with Gasteiger partial charge >= 0.3 is 5.97 Å². The molecule has 7 heteroatoms. The molecule has 1 aliphatic rings. The average molecular weight is 342 g/mol. The number of hydrogen-bond acceptors (Lipinski definition) is 4. The van der Waals surface area contributed by atoms with Crippen LogP contribution >= 0.6 is 15.9 Å². The van der Waals surface area contributed by atoms with Gasteiger partial charge in [-0.3, -0.25) is 4.79 Å². The van der Waals surface area contributed by atoms with Crippen molar-refractivity contribution in [1.82, 2.24) is 10.3 Å². The Morgan fingerprint density at radius 3 is 2.85 bits per heavy atom. The van der Waals surface area contributed by atoms with Crippen LogP contribution in [0.2, 0.25) is 0 Å². The van der Waals surface area contributed by atoms with Gasteiger partial charge in [0.25, 0.3) is 0 Å². The highest BCUT2D eigenvalue weighted by Gasteiger charge is 2.22. The van der Waals surface area contributed by atoms with Crippen LogP contribution in [-0.4, -0.2) is 34.6 Å². The molecule has 0 atom stereocenters. The van der Waals surface area contributed by atoms with Gasteiger partial charge in [0, 0.05) is 29.7 Å². The van der Waals surface area contributed by atoms with E-state index >= 15 is 0 Å². The lowest BCUT2D eigenvalue weighted by molar-refractivity contribution is -0.121. The first-order chi connectivity index (χ1) is 9.56. The minimum absolute atomic E-state index is 0.0523. The van der Waals surface area contributed by atoms with Crippen molar-refractivity contribution < 1.29 is 14.7 Å². The van der Waals surface area contributed by atoms with E-state index in [1.165, 1.54) is 12.3 Å². The molecule has 0 saturated heterocycles. The van der Waals surface area contributed by atoms with Crippen LogP contribution in [0.5, 0.6) is 0 Å². The number of hydrogen-bond donors (Lipinski definition) is 3. The van der Waals surface area contributed by atoms with E-state index in [0.717, 1.165) is 12.8 Å². The lowest BCUT2D eigenvalue weighted by atomic mass is 10.2. The summed E-state index contributed by atoms with van der Waals surface area (Å²) >= 11 is 3.19. The molecule has 0 spiro atoms. The van der Waals surface area contributed by atoms with E-state index in [-0.39, 0.29) is 11.5 Å². The first-order valence-electron chi connectivity index (χ1n) is 6.48. The summed E-state index contributed by atoms with van der Waals surface area (Å²) in [5.74, 6) is -0.660. The standard InChI is InChI=1S/C13H16BrN3O3/c14-8-6-10(13(19)20)12(16-7-8)15-5-1-2-11(18)17-9-3-4-9/h6-7,9H,1-5H2,(H,15,16)(H,17,18)(H,19,20). The predicted molar refractivity (Wildman–Crippen MR) is 77.8 cm³/mol. The second kappa shape index (κ2) is 6.69. The molecule has 0 aliphatic heterocycles. The number of carbonyl (C=O) groups is 2. The maximum absolute atomic E-state index is 11.5. The van der Waals surface area contributed by atoms with Gasteiger partial charge in [0.1, 0.15) is 11.4 Å². The van der Waals surface area contributed by atoms with E-state index in [1.807, 2.05) is 0 Å². The Bertz CT molecular complexity index is 518. The third kappa shape index (κ3) is 4.48. The summed E-state index contributed by atoms with van der Waals surface area (Å²) < 4.78 is 0.615. The Hall–Kier alpha value is -1.63. The van der Waals surface area contributed by atoms with Crippen molar-refractivity contribution in [2.45, 2.75) is 31.7 Å². The van der Waals surface area contributed by atoms with Crippen molar-refractivity contribution in [1.29, 1.82) is 0 Å². The molecular formula is C13H16BrN3O3. The highest BCUT2D eigenvalue weighted by atomic mass is 79.9. The van der Waals surface area contributed by atoms with E-state index in [4.69, 9.17) is 5.11 Å². The highest BCUT2D eigenvalue weighted by molar-refractivity contribution is 9.10. The SMILES string of the molecule is O=C(CCCNc1ncc(Br)cc1C(=O)O)NC1CC1. The molecule has 1 saturated carbocycles. The van der Waals surface area contributed by atoms with Crippen LogP contribution in [0.15, 0.2) is 16.7 Å². The Labute approximate surface area is 125 Å². The molecule has 3 N–H and O–H groups in total. The van der Waals surface area contributed by atoms with Gasteiger partial charge in [0.05, 0.1) is 0 Å². The third-order valence-corrected chi connectivity index (χ3v) is 3.33. The zero-order valence-electron chi connectivity index (χ0n) is 10.9. The number of carboxylic acid groups (broad SMARTS) is 1. The van der Waals surface area contributed by atoms with Crippen LogP contribution in [0.1, 0.15) is 36.0 Å². The van der Waals surface area contributed by atoms with Gasteiger partial charge in [-0.25, -0.2) is 9.78 Å². The van der Waals surface area contributed by atoms with Crippen LogP contribution < -0.4 is 10.6 Å². The molecule has 1 aromatic heterocycles. The molecule has 1 heterocycles. The molecule has 1 amide bonds. The normalized spacial score (nSPS) is 13.8. The molecule has 0 radical (unpaired) electrons. The van der Waals surface area contributed by atoms with E-state index in [1.54, 1.807) is 0 Å². The number of carboxylic acids is 1. The van der Waals surface area contributed by atoms with Gasteiger partial charge in [-0.2, -0.15) is 0 Å². The van der Waals surface area contributed by atoms with Gasteiger partial charge in [0.2, 0.25) is 5.91 Å². The summed E-state index contributed by atoms with van der Waals surface area (Å²) in [5.41, 5.74) is 0.113. The molecule has 1 aromatic rings. The van der Waals surface area contributed by atoms with Crippen molar-refractivity contribution in [3.05, 3.63) is 22.3 Å². The fourth-order valence-electron chi connectivity index (χ4n) is 1.73. The van der Waals surface area contributed by atoms with Crippen LogP contribution in [0.3, 0.4) is 0 Å². The van der Waals surface area contributed by atoms with Gasteiger partial charge in [-0.05, 0) is 41.3 Å². The Balaban J connectivity index is 1.78. The van der Waals surface area contributed by atoms with Crippen molar-refractivity contribution in [2.24, 2.45) is 0 Å². The molecule has 1 fully saturated rings. The minimum Gasteiger partial charge on any atom is -0.478 e. The Kier molecular flexibility index (Phi) is 4.94. The molecule has 6 nitrogen and oxygen atoms in total. The zero-order chi connectivity index (χ0) is 14.5. The van der Waals surface area contributed by atoms with Gasteiger partial charge < -0.3 is 15.7 Å². The van der Waals surface area contributed by atoms with Crippen LogP contribution in [0, 0.1) is 0 Å². The lowest BCUT2D eigenvalue weighted by Gasteiger charge is -2.09. The second-order valence-corrected chi connectivity index (χ2v) is 5.64. The van der Waals surface area contributed by atoms with Crippen LogP contribution in [-0.2, 0) is 4.79 Å². The summed E-state index contributed by atoms with van der Waals surface area (Å²) in [6, 6.07) is 1.87. The van der Waals surface area contributed by atoms with Crippen molar-refractivity contribution in [2.75, 3.05) is 11.9 Å². The summed E-state index contributed by atoms with van der Waals surface area (Å²) in [7, 11) is 0. The number of halogens is 1. The Morgan fingerprint density at radius 2 is 2.20 bits per heavy atom. The molecule has 20 heavy (non-hydrogen) atoms. The first kappa shape index (κ1) is 14.8. The average Bonchev–Trinajstić information content (AvgIpc) is 3.19. The van der Waals surface area contributed by atoms with Gasteiger partial charge in [0.15, 0.2) is 0 Å². The van der Waals surface area contributed by atoms with Crippen molar-refractivity contribution in [3.8, 4) is 0 Å². The predicted octanol–water partition coefficient (Wildman–Crippen LogP) is 2.01. The number of nitrogens with one attached hydrogen (secondary N) is 2. The third-order valence-electron chi connectivity index (χ3n) is 2.90. The highest BCUT2D eigenvalue weighted by Crippen LogP contribution is 2.19. The number of nitrogens with zero attached hydrogens (tertiary/aromatic N) is 1. The monoisotopic (exact) mass is 341 g/mol. The Morgan fingerprint density at radius 1 is 1.45 bits per heavy atom. The summed E-state index contributed by atoms with van der Waals surface area (Å²) in [6.07, 6.45) is 4.76. The topological polar surface area (TPSA) is 91.3 Å². The summed E-state index contributed by atoms with van der Waals surface area (Å²) in [4.78, 5) is 26.6. The minimum atomic E-state index is -1.03. The van der Waals surface area contributed by atoms with E-state index in [2.05, 4.69) is 31.5 Å². The van der Waals surface area contributed by atoms with Crippen molar-refractivity contribution in [3.63, 3.8) is 0 Å². The second-order valence-electron chi connectivity index (χ2n) is 4.73. The maximum Gasteiger partial charge on any atom is 0.339 e. The number of pyridine rings is 1.